The third kappa shape index (κ3) is 3.62. The molecule has 1 unspecified atom stereocenters. The van der Waals surface area contributed by atoms with Crippen molar-refractivity contribution in [1.29, 1.82) is 0 Å². The molecule has 24 heavy (non-hydrogen) atoms. The highest BCUT2D eigenvalue weighted by Crippen LogP contribution is 2.27. The number of hydrogen-bond donors (Lipinski definition) is 1. The van der Waals surface area contributed by atoms with Crippen molar-refractivity contribution in [3.63, 3.8) is 0 Å². The summed E-state index contributed by atoms with van der Waals surface area (Å²) in [6.07, 6.45) is 6.95. The van der Waals surface area contributed by atoms with Crippen LogP contribution in [0, 0.1) is 0 Å². The first-order valence-corrected chi connectivity index (χ1v) is 8.01. The second-order valence-corrected chi connectivity index (χ2v) is 6.88. The number of nitrogens with zero attached hydrogens (tertiary/aromatic N) is 3. The smallest absolute Gasteiger partial charge is 0.216 e. The van der Waals surface area contributed by atoms with Crippen LogP contribution in [0.5, 0.6) is 0 Å². The van der Waals surface area contributed by atoms with Gasteiger partial charge in [0.2, 0.25) is 5.89 Å². The molecule has 0 fully saturated rings. The fourth-order valence-electron chi connectivity index (χ4n) is 2.35. The van der Waals surface area contributed by atoms with Gasteiger partial charge in [0.05, 0.1) is 6.20 Å². The van der Waals surface area contributed by atoms with Gasteiger partial charge in [-0.05, 0) is 24.6 Å². The second kappa shape index (κ2) is 6.43. The third-order valence-corrected chi connectivity index (χ3v) is 3.80. The number of hydrogen-bond acceptors (Lipinski definition) is 5. The molecule has 0 bridgehead atoms. The summed E-state index contributed by atoms with van der Waals surface area (Å²) < 4.78 is 5.88. The van der Waals surface area contributed by atoms with Crippen molar-refractivity contribution in [3.8, 4) is 11.1 Å². The van der Waals surface area contributed by atoms with E-state index in [1.807, 2.05) is 37.4 Å². The van der Waals surface area contributed by atoms with Crippen LogP contribution in [0.3, 0.4) is 0 Å². The van der Waals surface area contributed by atoms with Crippen molar-refractivity contribution in [2.24, 2.45) is 0 Å². The minimum absolute atomic E-state index is 0.00740. The van der Waals surface area contributed by atoms with E-state index < -0.39 is 0 Å². The Hall–Kier alpha value is -2.69. The van der Waals surface area contributed by atoms with Gasteiger partial charge in [-0.15, -0.1) is 0 Å². The van der Waals surface area contributed by atoms with Gasteiger partial charge >= 0.3 is 0 Å². The summed E-state index contributed by atoms with van der Waals surface area (Å²) in [6, 6.07) is 8.15. The molecule has 0 saturated carbocycles. The molecule has 3 aromatic rings. The van der Waals surface area contributed by atoms with Crippen LogP contribution >= 0.6 is 0 Å². The van der Waals surface area contributed by atoms with E-state index in [2.05, 4.69) is 41.0 Å². The number of rotatable bonds is 4. The van der Waals surface area contributed by atoms with E-state index in [1.54, 1.807) is 12.4 Å². The normalized spacial score (nSPS) is 12.8. The van der Waals surface area contributed by atoms with Crippen LogP contribution in [0.15, 0.2) is 53.6 Å². The SMILES string of the molecule is CC(Nc1ccc(-c2cncnc2)cc1)c1ncc(C(C)(C)C)o1. The van der Waals surface area contributed by atoms with E-state index in [9.17, 15) is 0 Å². The van der Waals surface area contributed by atoms with Crippen molar-refractivity contribution >= 4 is 5.69 Å². The Morgan fingerprint density at radius 3 is 2.21 bits per heavy atom. The molecular formula is C19H22N4O. The van der Waals surface area contributed by atoms with Gasteiger partial charge in [0.1, 0.15) is 18.1 Å². The summed E-state index contributed by atoms with van der Waals surface area (Å²) in [5, 5.41) is 3.41. The summed E-state index contributed by atoms with van der Waals surface area (Å²) in [7, 11) is 0. The van der Waals surface area contributed by atoms with Crippen LogP contribution in [-0.2, 0) is 5.41 Å². The van der Waals surface area contributed by atoms with Crippen molar-refractivity contribution in [2.75, 3.05) is 5.32 Å². The van der Waals surface area contributed by atoms with Gasteiger partial charge < -0.3 is 9.73 Å². The molecule has 1 N–H and O–H groups in total. The molecule has 0 amide bonds. The first-order valence-electron chi connectivity index (χ1n) is 8.01. The molecule has 0 aliphatic rings. The summed E-state index contributed by atoms with van der Waals surface area (Å²) in [5.74, 6) is 1.59. The molecule has 5 heteroatoms. The second-order valence-electron chi connectivity index (χ2n) is 6.88. The van der Waals surface area contributed by atoms with E-state index in [0.717, 1.165) is 22.6 Å². The van der Waals surface area contributed by atoms with E-state index in [1.165, 1.54) is 6.33 Å². The number of nitrogens with one attached hydrogen (secondary N) is 1. The summed E-state index contributed by atoms with van der Waals surface area (Å²) in [6.45, 7) is 8.38. The van der Waals surface area contributed by atoms with Crippen molar-refractivity contribution in [1.82, 2.24) is 15.0 Å². The molecule has 3 rings (SSSR count). The Morgan fingerprint density at radius 2 is 1.62 bits per heavy atom. The molecule has 0 saturated heterocycles. The van der Waals surface area contributed by atoms with E-state index in [-0.39, 0.29) is 11.5 Å². The van der Waals surface area contributed by atoms with Crippen LogP contribution in [0.25, 0.3) is 11.1 Å². The minimum Gasteiger partial charge on any atom is -0.443 e. The van der Waals surface area contributed by atoms with Crippen LogP contribution in [-0.4, -0.2) is 15.0 Å². The van der Waals surface area contributed by atoms with E-state index >= 15 is 0 Å². The predicted molar refractivity (Wildman–Crippen MR) is 94.7 cm³/mol. The zero-order chi connectivity index (χ0) is 17.2. The number of oxazole rings is 1. The molecule has 1 aromatic carbocycles. The predicted octanol–water partition coefficient (Wildman–Crippen LogP) is 4.60. The van der Waals surface area contributed by atoms with Crippen molar-refractivity contribution in [3.05, 3.63) is 60.8 Å². The third-order valence-electron chi connectivity index (χ3n) is 3.80. The van der Waals surface area contributed by atoms with Gasteiger partial charge in [0.25, 0.3) is 0 Å². The maximum atomic E-state index is 5.88. The molecule has 0 spiro atoms. The highest BCUT2D eigenvalue weighted by molar-refractivity contribution is 5.64. The number of anilines is 1. The van der Waals surface area contributed by atoms with Gasteiger partial charge in [-0.1, -0.05) is 32.9 Å². The molecule has 0 aliphatic carbocycles. The zero-order valence-electron chi connectivity index (χ0n) is 14.4. The molecular weight excluding hydrogens is 300 g/mol. The lowest BCUT2D eigenvalue weighted by atomic mass is 9.94. The highest BCUT2D eigenvalue weighted by atomic mass is 16.4. The van der Waals surface area contributed by atoms with Gasteiger partial charge in [0, 0.05) is 29.1 Å². The van der Waals surface area contributed by atoms with Crippen molar-refractivity contribution < 1.29 is 4.42 Å². The number of benzene rings is 1. The van der Waals surface area contributed by atoms with Crippen LogP contribution in [0.1, 0.15) is 45.4 Å². The minimum atomic E-state index is -0.0373. The first kappa shape index (κ1) is 16.2. The standard InChI is InChI=1S/C19H22N4O/c1-13(18-22-11-17(24-18)19(2,3)4)23-16-7-5-14(6-8-16)15-9-20-12-21-10-15/h5-13,23H,1-4H3. The molecule has 2 heterocycles. The molecule has 0 radical (unpaired) electrons. The monoisotopic (exact) mass is 322 g/mol. The lowest BCUT2D eigenvalue weighted by Gasteiger charge is -2.15. The first-order chi connectivity index (χ1) is 11.4. The van der Waals surface area contributed by atoms with Crippen molar-refractivity contribution in [2.45, 2.75) is 39.2 Å². The van der Waals surface area contributed by atoms with Gasteiger partial charge in [-0.3, -0.25) is 0 Å². The largest absolute Gasteiger partial charge is 0.443 e. The average molecular weight is 322 g/mol. The maximum absolute atomic E-state index is 5.88. The molecule has 2 aromatic heterocycles. The molecule has 5 nitrogen and oxygen atoms in total. The number of aromatic nitrogens is 3. The Morgan fingerprint density at radius 1 is 0.958 bits per heavy atom. The average Bonchev–Trinajstić information content (AvgIpc) is 3.07. The highest BCUT2D eigenvalue weighted by Gasteiger charge is 2.21. The topological polar surface area (TPSA) is 63.8 Å². The lowest BCUT2D eigenvalue weighted by Crippen LogP contribution is -2.10. The fourth-order valence-corrected chi connectivity index (χ4v) is 2.35. The van der Waals surface area contributed by atoms with Crippen LogP contribution in [0.2, 0.25) is 0 Å². The Kier molecular flexibility index (Phi) is 4.34. The zero-order valence-corrected chi connectivity index (χ0v) is 14.4. The van der Waals surface area contributed by atoms with Gasteiger partial charge in [-0.2, -0.15) is 0 Å². The fraction of sp³-hybridized carbons (Fsp3) is 0.316. The summed E-state index contributed by atoms with van der Waals surface area (Å²) in [4.78, 5) is 12.5. The molecule has 124 valence electrons. The van der Waals surface area contributed by atoms with Crippen LogP contribution < -0.4 is 5.32 Å². The van der Waals surface area contributed by atoms with Gasteiger partial charge in [0.15, 0.2) is 0 Å². The summed E-state index contributed by atoms with van der Waals surface area (Å²) >= 11 is 0. The van der Waals surface area contributed by atoms with Crippen LogP contribution in [0.4, 0.5) is 5.69 Å². The Balaban J connectivity index is 1.71. The van der Waals surface area contributed by atoms with E-state index in [0.29, 0.717) is 5.89 Å². The molecule has 1 atom stereocenters. The molecule has 0 aliphatic heterocycles. The lowest BCUT2D eigenvalue weighted by molar-refractivity contribution is 0.374. The van der Waals surface area contributed by atoms with Gasteiger partial charge in [-0.25, -0.2) is 15.0 Å². The Labute approximate surface area is 142 Å². The van der Waals surface area contributed by atoms with E-state index in [4.69, 9.17) is 4.42 Å². The maximum Gasteiger partial charge on any atom is 0.216 e. The summed E-state index contributed by atoms with van der Waals surface area (Å²) in [5.41, 5.74) is 3.06. The Bertz CT molecular complexity index is 788. The quantitative estimate of drug-likeness (QED) is 0.760.